The second-order valence-electron chi connectivity index (χ2n) is 0.500. The first-order valence-electron chi connectivity index (χ1n) is 1.22. The van der Waals surface area contributed by atoms with Crippen LogP contribution in [0, 0.1) is 0 Å². The zero-order valence-electron chi connectivity index (χ0n) is 4.86. The van der Waals surface area contributed by atoms with Crippen molar-refractivity contribution in [2.45, 2.75) is 0 Å². The molecule has 0 heterocycles. The van der Waals surface area contributed by atoms with E-state index in [0.29, 0.717) is 0 Å². The van der Waals surface area contributed by atoms with Gasteiger partial charge in [0.15, 0.2) is 0 Å². The van der Waals surface area contributed by atoms with E-state index in [-0.39, 0.29) is 97.8 Å². The Labute approximate surface area is 154 Å². The minimum absolute atomic E-state index is 0. The van der Waals surface area contributed by atoms with Gasteiger partial charge in [-0.25, -0.2) is 0 Å². The fourth-order valence-electron chi connectivity index (χ4n) is 0. The second-order valence-corrected chi connectivity index (χ2v) is 2.51. The molecule has 10 heteroatoms. The average Bonchev–Trinajstić information content (AvgIpc) is 1.25. The molecule has 6 nitrogen and oxygen atoms in total. The van der Waals surface area contributed by atoms with Crippen LogP contribution in [0.15, 0.2) is 0 Å². The fourth-order valence-corrected chi connectivity index (χ4v) is 0. The minimum atomic E-state index is -4.29. The Balaban J connectivity index is -0.0000000300. The summed E-state index contributed by atoms with van der Waals surface area (Å²) in [6, 6.07) is 0. The van der Waals surface area contributed by atoms with Crippen molar-refractivity contribution in [3.8, 4) is 0 Å². The summed E-state index contributed by atoms with van der Waals surface area (Å²) < 4.78 is 51.6. The molecule has 0 radical (unpaired) electrons. The van der Waals surface area contributed by atoms with E-state index in [0.717, 1.165) is 0 Å². The van der Waals surface area contributed by atoms with Gasteiger partial charge in [-0.2, -0.15) is 0 Å². The van der Waals surface area contributed by atoms with E-state index in [1.807, 2.05) is 0 Å². The summed E-state index contributed by atoms with van der Waals surface area (Å²) in [7, 11) is 0. The summed E-state index contributed by atoms with van der Waals surface area (Å²) >= 11 is -8.38. The van der Waals surface area contributed by atoms with Crippen molar-refractivity contribution in [3.05, 3.63) is 0 Å². The Bertz CT molecular complexity index is 73.7. The number of hydrogen-bond donors (Lipinski definition) is 0. The summed E-state index contributed by atoms with van der Waals surface area (Å²) in [5.74, 6) is 0. The van der Waals surface area contributed by atoms with Crippen molar-refractivity contribution in [1.29, 1.82) is 0 Å². The standard InChI is InChI=1S/2Ba.6O.Ti.Zr/q2*+2;;;4*-1;;. The predicted octanol–water partition coefficient (Wildman–Crippen LogP) is -5.76. The maximum atomic E-state index is 8.61. The van der Waals surface area contributed by atoms with Crippen LogP contribution in [0.5, 0.6) is 0 Å². The van der Waals surface area contributed by atoms with E-state index in [1.165, 1.54) is 0 Å². The molecule has 0 saturated carbocycles. The molecule has 48 valence electrons. The molecule has 0 aromatic heterocycles. The zero-order valence-corrected chi connectivity index (χ0v) is 17.8. The van der Waals surface area contributed by atoms with Gasteiger partial charge < -0.3 is 0 Å². The van der Waals surface area contributed by atoms with Crippen molar-refractivity contribution in [2.75, 3.05) is 0 Å². The van der Waals surface area contributed by atoms with Crippen LogP contribution in [0.4, 0.5) is 0 Å². The van der Waals surface area contributed by atoms with Crippen LogP contribution in [0.25, 0.3) is 0 Å². The molecule has 0 aromatic carbocycles. The van der Waals surface area contributed by atoms with Crippen LogP contribution in [0.2, 0.25) is 0 Å². The van der Waals surface area contributed by atoms with Crippen LogP contribution in [-0.4, -0.2) is 97.8 Å². The van der Waals surface area contributed by atoms with Gasteiger partial charge in [-0.05, 0) is 0 Å². The topological polar surface area (TPSA) is 126 Å². The van der Waals surface area contributed by atoms with Crippen molar-refractivity contribution >= 4 is 97.8 Å². The average molecular weight is 510 g/mol. The van der Waals surface area contributed by atoms with Crippen LogP contribution >= 0.6 is 0 Å². The van der Waals surface area contributed by atoms with Crippen molar-refractivity contribution in [3.63, 3.8) is 0 Å². The molecule has 0 N–H and O–H groups in total. The van der Waals surface area contributed by atoms with E-state index in [2.05, 4.69) is 0 Å². The molecular formula is Ba2O6TiZr. The van der Waals surface area contributed by atoms with E-state index < -0.39 is 41.3 Å². The van der Waals surface area contributed by atoms with Gasteiger partial charge in [0.05, 0.1) is 0 Å². The summed E-state index contributed by atoms with van der Waals surface area (Å²) in [6.45, 7) is 0. The third kappa shape index (κ3) is 87.1. The van der Waals surface area contributed by atoms with Gasteiger partial charge in [-0.3, -0.25) is 0 Å². The fraction of sp³-hybridized carbons (Fsp3) is 0. The van der Waals surface area contributed by atoms with E-state index in [4.69, 9.17) is 19.9 Å². The van der Waals surface area contributed by atoms with Crippen LogP contribution < -0.4 is 13.7 Å². The predicted molar refractivity (Wildman–Crippen MR) is 12.9 cm³/mol. The summed E-state index contributed by atoms with van der Waals surface area (Å²) in [5.41, 5.74) is 0. The summed E-state index contributed by atoms with van der Waals surface area (Å²) in [4.78, 5) is 0. The third-order valence-electron chi connectivity index (χ3n) is 0. The van der Waals surface area contributed by atoms with E-state index in [1.54, 1.807) is 0 Å². The van der Waals surface area contributed by atoms with Crippen LogP contribution in [-0.2, 0) is 47.4 Å². The molecule has 0 amide bonds. The summed E-state index contributed by atoms with van der Waals surface area (Å²) in [5, 5.41) is 0. The zero-order chi connectivity index (χ0) is 7.15. The van der Waals surface area contributed by atoms with Gasteiger partial charge in [0.2, 0.25) is 0 Å². The molecule has 0 spiro atoms. The van der Waals surface area contributed by atoms with Gasteiger partial charge in [0.25, 0.3) is 0 Å². The number of rotatable bonds is 0. The maximum absolute atomic E-state index is 8.61. The normalized spacial score (nSPS) is 5.20. The Morgan fingerprint density at radius 2 is 1.10 bits per heavy atom. The first-order chi connectivity index (χ1) is 3.46. The quantitative estimate of drug-likeness (QED) is 0.300. The second kappa shape index (κ2) is 18.9. The van der Waals surface area contributed by atoms with Crippen LogP contribution in [0.3, 0.4) is 0 Å². The van der Waals surface area contributed by atoms with Gasteiger partial charge in [-0.1, -0.05) is 0 Å². The SMILES string of the molecule is [Ba+2].[Ba+2].[O]=[Ti]([O-])[O-].[O]=[Zr]([O-])[O-]. The Kier molecular flexibility index (Phi) is 44.8. The first kappa shape index (κ1) is 23.8. The van der Waals surface area contributed by atoms with Crippen LogP contribution in [0.1, 0.15) is 0 Å². The molecule has 0 rings (SSSR count). The first-order valence-corrected chi connectivity index (χ1v) is 6.15. The Hall–Kier alpha value is 4.18. The van der Waals surface area contributed by atoms with Gasteiger partial charge in [-0.15, -0.1) is 0 Å². The Morgan fingerprint density at radius 1 is 1.10 bits per heavy atom. The molecule has 0 aromatic rings. The number of hydrogen-bond acceptors (Lipinski definition) is 6. The summed E-state index contributed by atoms with van der Waals surface area (Å²) in [6.07, 6.45) is 0. The van der Waals surface area contributed by atoms with E-state index >= 15 is 0 Å². The molecule has 0 bridgehead atoms. The molecule has 0 unspecified atom stereocenters. The van der Waals surface area contributed by atoms with Gasteiger partial charge >= 0.3 is 159 Å². The van der Waals surface area contributed by atoms with Crippen molar-refractivity contribution < 1.29 is 61.1 Å². The molecule has 0 fully saturated rings. The molecule has 0 aliphatic rings. The molecular weight excluding hydrogens is 510 g/mol. The van der Waals surface area contributed by atoms with Crippen molar-refractivity contribution in [1.82, 2.24) is 0 Å². The molecule has 0 atom stereocenters. The molecule has 0 aliphatic carbocycles. The Morgan fingerprint density at radius 3 is 1.10 bits per heavy atom. The monoisotopic (exact) mass is 510 g/mol. The molecule has 0 aliphatic heterocycles. The van der Waals surface area contributed by atoms with Gasteiger partial charge in [0, 0.05) is 0 Å². The molecule has 10 heavy (non-hydrogen) atoms. The van der Waals surface area contributed by atoms with Crippen molar-refractivity contribution in [2.24, 2.45) is 0 Å². The van der Waals surface area contributed by atoms with E-state index in [9.17, 15) is 0 Å². The molecule has 0 saturated heterocycles. The van der Waals surface area contributed by atoms with Gasteiger partial charge in [0.1, 0.15) is 0 Å². The third-order valence-corrected chi connectivity index (χ3v) is 0.